The number of rotatable bonds is 3. The van der Waals surface area contributed by atoms with Crippen molar-refractivity contribution in [3.05, 3.63) is 87.5 Å². The molecule has 4 aliphatic carbocycles. The zero-order chi connectivity index (χ0) is 26.0. The molecule has 4 bridgehead atoms. The normalized spacial score (nSPS) is 30.1. The second-order valence-corrected chi connectivity index (χ2v) is 11.6. The first-order valence-corrected chi connectivity index (χ1v) is 13.3. The molecule has 2 aromatic carbocycles. The molecule has 6 nitrogen and oxygen atoms in total. The van der Waals surface area contributed by atoms with E-state index in [1.54, 1.807) is 24.3 Å². The number of hydrogen-bond donors (Lipinski definition) is 1. The Morgan fingerprint density at radius 2 is 1.68 bits per heavy atom. The number of benzene rings is 2. The minimum absolute atomic E-state index is 0.192. The first-order chi connectivity index (χ1) is 18.4. The zero-order valence-electron chi connectivity index (χ0n) is 20.8. The molecule has 8 rings (SSSR count). The van der Waals surface area contributed by atoms with Gasteiger partial charge in [-0.2, -0.15) is 5.26 Å². The Morgan fingerprint density at radius 1 is 1.00 bits per heavy atom. The molecule has 0 amide bonds. The van der Waals surface area contributed by atoms with Gasteiger partial charge in [0.1, 0.15) is 23.3 Å². The van der Waals surface area contributed by atoms with E-state index in [2.05, 4.69) is 11.5 Å². The van der Waals surface area contributed by atoms with Gasteiger partial charge < -0.3 is 0 Å². The third kappa shape index (κ3) is 3.92. The maximum atomic E-state index is 15.1. The van der Waals surface area contributed by atoms with Crippen LogP contribution in [0.4, 0.5) is 8.78 Å². The number of amidine groups is 1. The van der Waals surface area contributed by atoms with Crippen LogP contribution >= 0.6 is 0 Å². The van der Waals surface area contributed by atoms with Gasteiger partial charge in [0.15, 0.2) is 0 Å². The summed E-state index contributed by atoms with van der Waals surface area (Å²) in [5.41, 5.74) is 4.78. The Balaban J connectivity index is 1.33. The minimum Gasteiger partial charge on any atom is -0.276 e. The number of aromatic nitrogens is 2. The Kier molecular flexibility index (Phi) is 5.26. The third-order valence-electron chi connectivity index (χ3n) is 8.94. The lowest BCUT2D eigenvalue weighted by molar-refractivity contribution is 0.00147. The van der Waals surface area contributed by atoms with E-state index in [1.807, 2.05) is 0 Å². The van der Waals surface area contributed by atoms with Crippen molar-refractivity contribution in [1.82, 2.24) is 9.66 Å². The van der Waals surface area contributed by atoms with Crippen molar-refractivity contribution in [2.45, 2.75) is 56.4 Å². The number of nitrogens with one attached hydrogen (secondary N) is 1. The van der Waals surface area contributed by atoms with Crippen LogP contribution in [0.2, 0.25) is 0 Å². The van der Waals surface area contributed by atoms with Crippen LogP contribution < -0.4 is 11.0 Å². The Bertz CT molecular complexity index is 1530. The van der Waals surface area contributed by atoms with Crippen molar-refractivity contribution >= 4 is 5.84 Å². The van der Waals surface area contributed by atoms with Gasteiger partial charge in [-0.25, -0.2) is 18.4 Å². The first kappa shape index (κ1) is 23.3. The molecule has 0 radical (unpaired) electrons. The Morgan fingerprint density at radius 3 is 2.32 bits per heavy atom. The molecule has 1 aromatic heterocycles. The lowest BCUT2D eigenvalue weighted by Gasteiger charge is -2.55. The van der Waals surface area contributed by atoms with Crippen molar-refractivity contribution in [2.75, 3.05) is 5.43 Å². The fraction of sp³-hybridized carbons (Fsp3) is 0.400. The van der Waals surface area contributed by atoms with Gasteiger partial charge in [0.05, 0.1) is 28.8 Å². The maximum Gasteiger partial charge on any atom is 0.273 e. The van der Waals surface area contributed by atoms with Gasteiger partial charge in [-0.05, 0) is 80.0 Å². The highest BCUT2D eigenvalue weighted by Gasteiger charge is 2.51. The monoisotopic (exact) mass is 511 g/mol. The van der Waals surface area contributed by atoms with Crippen molar-refractivity contribution in [3.63, 3.8) is 0 Å². The van der Waals surface area contributed by atoms with Crippen LogP contribution in [0.25, 0.3) is 11.3 Å². The van der Waals surface area contributed by atoms with E-state index in [1.165, 1.54) is 42.1 Å². The second-order valence-electron chi connectivity index (χ2n) is 11.6. The van der Waals surface area contributed by atoms with Crippen LogP contribution in [-0.2, 0) is 6.42 Å². The van der Waals surface area contributed by atoms with Crippen LogP contribution in [0, 0.1) is 40.7 Å². The summed E-state index contributed by atoms with van der Waals surface area (Å²) in [6, 6.07) is 14.1. The smallest absolute Gasteiger partial charge is 0.273 e. The first-order valence-electron chi connectivity index (χ1n) is 13.3. The number of hydrogen-bond acceptors (Lipinski definition) is 4. The molecule has 1 unspecified atom stereocenters. The van der Waals surface area contributed by atoms with Crippen LogP contribution in [0.15, 0.2) is 58.3 Å². The summed E-state index contributed by atoms with van der Waals surface area (Å²) in [7, 11) is 0. The summed E-state index contributed by atoms with van der Waals surface area (Å²) in [6.45, 7) is 0. The lowest BCUT2D eigenvalue weighted by Crippen LogP contribution is -2.52. The second kappa shape index (κ2) is 8.59. The summed E-state index contributed by atoms with van der Waals surface area (Å²) in [6.07, 6.45) is 7.16. The minimum atomic E-state index is -0.632. The van der Waals surface area contributed by atoms with Gasteiger partial charge in [0, 0.05) is 24.1 Å². The van der Waals surface area contributed by atoms with Gasteiger partial charge in [-0.3, -0.25) is 15.2 Å². The molecule has 0 saturated heterocycles. The molecule has 1 aliphatic heterocycles. The van der Waals surface area contributed by atoms with E-state index in [9.17, 15) is 9.18 Å². The SMILES string of the molecule is N#Cc1ccc(-c2cc(=O)n3c(n2)CC(c2ccc(F)cc2F)C(=NC24CC5CC(CC(C5)C2)C4)N3)cc1. The molecule has 192 valence electrons. The molecule has 4 fully saturated rings. The largest absolute Gasteiger partial charge is 0.276 e. The molecule has 5 aliphatic rings. The Hall–Kier alpha value is -3.86. The van der Waals surface area contributed by atoms with Gasteiger partial charge >= 0.3 is 0 Å². The molecule has 8 heteroatoms. The maximum absolute atomic E-state index is 15.1. The quantitative estimate of drug-likeness (QED) is 0.517. The number of halogens is 2. The predicted octanol–water partition coefficient (Wildman–Crippen LogP) is 5.31. The molecule has 38 heavy (non-hydrogen) atoms. The Labute approximate surface area is 219 Å². The summed E-state index contributed by atoms with van der Waals surface area (Å²) in [4.78, 5) is 23.3. The molecule has 3 aromatic rings. The molecule has 1 N–H and O–H groups in total. The van der Waals surface area contributed by atoms with Crippen LogP contribution in [0.3, 0.4) is 0 Å². The summed E-state index contributed by atoms with van der Waals surface area (Å²) in [5.74, 6) is 1.27. The molecule has 2 heterocycles. The van der Waals surface area contributed by atoms with E-state index < -0.39 is 17.6 Å². The third-order valence-corrected chi connectivity index (χ3v) is 8.94. The highest BCUT2D eigenvalue weighted by atomic mass is 19.1. The molecule has 0 spiro atoms. The van der Waals surface area contributed by atoms with Crippen molar-refractivity contribution in [3.8, 4) is 17.3 Å². The molecule has 4 saturated carbocycles. The van der Waals surface area contributed by atoms with Gasteiger partial charge in [-0.15, -0.1) is 0 Å². The zero-order valence-corrected chi connectivity index (χ0v) is 20.8. The number of nitrogens with zero attached hydrogens (tertiary/aromatic N) is 4. The highest BCUT2D eigenvalue weighted by Crippen LogP contribution is 2.57. The highest BCUT2D eigenvalue weighted by molar-refractivity contribution is 5.96. The van der Waals surface area contributed by atoms with Gasteiger partial charge in [-0.1, -0.05) is 18.2 Å². The van der Waals surface area contributed by atoms with E-state index in [0.29, 0.717) is 51.8 Å². The molecule has 1 atom stereocenters. The number of nitriles is 1. The van der Waals surface area contributed by atoms with Crippen LogP contribution in [-0.4, -0.2) is 21.0 Å². The molecular formula is C30H27F2N5O. The average Bonchev–Trinajstić information content (AvgIpc) is 2.88. The summed E-state index contributed by atoms with van der Waals surface area (Å²) < 4.78 is 30.4. The van der Waals surface area contributed by atoms with Crippen molar-refractivity contribution < 1.29 is 8.78 Å². The lowest BCUT2D eigenvalue weighted by atomic mass is 9.53. The average molecular weight is 512 g/mol. The standard InChI is InChI=1S/C30H27F2N5O/c31-22-5-6-23(25(32)10-22)24-11-27-34-26(21-3-1-17(16-33)2-4-21)12-28(38)37(27)36-29(24)35-30-13-18-7-19(14-30)9-20(8-18)15-30/h1-6,10,12,18-20,24H,7-9,11,13-15H2,(H,35,36). The van der Waals surface area contributed by atoms with Crippen molar-refractivity contribution in [1.29, 1.82) is 5.26 Å². The van der Waals surface area contributed by atoms with Crippen LogP contribution in [0.5, 0.6) is 0 Å². The van der Waals surface area contributed by atoms with Crippen molar-refractivity contribution in [2.24, 2.45) is 22.7 Å². The van der Waals surface area contributed by atoms with E-state index in [0.717, 1.165) is 25.3 Å². The van der Waals surface area contributed by atoms with Crippen LogP contribution in [0.1, 0.15) is 61.4 Å². The molecular weight excluding hydrogens is 484 g/mol. The van der Waals surface area contributed by atoms with Gasteiger partial charge in [0.25, 0.3) is 5.56 Å². The van der Waals surface area contributed by atoms with E-state index in [4.69, 9.17) is 15.2 Å². The van der Waals surface area contributed by atoms with Gasteiger partial charge in [0.2, 0.25) is 0 Å². The number of aliphatic imine (C=N–C) groups is 1. The fourth-order valence-corrected chi connectivity index (χ4v) is 7.72. The predicted molar refractivity (Wildman–Crippen MR) is 139 cm³/mol. The summed E-state index contributed by atoms with van der Waals surface area (Å²) in [5, 5.41) is 9.10. The van der Waals surface area contributed by atoms with E-state index in [-0.39, 0.29) is 17.5 Å². The van der Waals surface area contributed by atoms with E-state index >= 15 is 4.39 Å². The topological polar surface area (TPSA) is 83.1 Å². The summed E-state index contributed by atoms with van der Waals surface area (Å²) >= 11 is 0. The number of fused-ring (bicyclic) bond motifs is 1. The fourth-order valence-electron chi connectivity index (χ4n) is 7.72.